The van der Waals surface area contributed by atoms with Gasteiger partial charge in [-0.05, 0) is 55.9 Å². The fourth-order valence-electron chi connectivity index (χ4n) is 5.39. The van der Waals surface area contributed by atoms with Crippen LogP contribution in [0.4, 0.5) is 0 Å². The first-order valence-electron chi connectivity index (χ1n) is 8.91. The monoisotopic (exact) mass is 349 g/mol. The fourth-order valence-corrected chi connectivity index (χ4v) is 5.39. The maximum Gasteiger partial charge on any atom is 0.476 e. The highest BCUT2D eigenvalue weighted by atomic mass is 35.5. The van der Waals surface area contributed by atoms with Gasteiger partial charge in [-0.25, -0.2) is 0 Å². The van der Waals surface area contributed by atoms with Crippen LogP contribution in [0.25, 0.3) is 0 Å². The summed E-state index contributed by atoms with van der Waals surface area (Å²) in [5.74, 6) is 1.18. The molecule has 3 saturated carbocycles. The van der Waals surface area contributed by atoms with Gasteiger partial charge >= 0.3 is 7.12 Å². The highest BCUT2D eigenvalue weighted by Crippen LogP contribution is 2.69. The second-order valence-electron chi connectivity index (χ2n) is 8.81. The van der Waals surface area contributed by atoms with Crippen LogP contribution < -0.4 is 5.73 Å². The molecule has 24 heavy (non-hydrogen) atoms. The van der Waals surface area contributed by atoms with Gasteiger partial charge in [-0.2, -0.15) is 0 Å². The van der Waals surface area contributed by atoms with Crippen molar-refractivity contribution in [1.29, 1.82) is 0 Å². The first-order valence-corrected chi connectivity index (χ1v) is 8.91. The van der Waals surface area contributed by atoms with Crippen LogP contribution in [0.1, 0.15) is 46.1 Å². The van der Waals surface area contributed by atoms with E-state index in [1.807, 2.05) is 6.07 Å². The van der Waals surface area contributed by atoms with E-state index in [2.05, 4.69) is 52.0 Å². The van der Waals surface area contributed by atoms with Crippen LogP contribution in [0.5, 0.6) is 0 Å². The molecule has 4 fully saturated rings. The van der Waals surface area contributed by atoms with Crippen LogP contribution in [0, 0.1) is 17.3 Å². The van der Waals surface area contributed by atoms with Gasteiger partial charge < -0.3 is 15.0 Å². The van der Waals surface area contributed by atoms with Crippen molar-refractivity contribution in [3.05, 3.63) is 35.9 Å². The zero-order valence-electron chi connectivity index (χ0n) is 15.1. The van der Waals surface area contributed by atoms with Gasteiger partial charge in [-0.3, -0.25) is 0 Å². The lowest BCUT2D eigenvalue weighted by Crippen LogP contribution is -2.70. The van der Waals surface area contributed by atoms with E-state index in [0.717, 1.165) is 18.8 Å². The third-order valence-corrected chi connectivity index (χ3v) is 7.22. The molecule has 0 aromatic heterocycles. The van der Waals surface area contributed by atoms with Gasteiger partial charge in [-0.15, -0.1) is 12.4 Å². The summed E-state index contributed by atoms with van der Waals surface area (Å²) in [6.45, 7) is 9.26. The van der Waals surface area contributed by atoms with Crippen LogP contribution in [-0.2, 0) is 15.7 Å². The van der Waals surface area contributed by atoms with Crippen molar-refractivity contribution >= 4 is 19.5 Å². The predicted octanol–water partition coefficient (Wildman–Crippen LogP) is 3.64. The van der Waals surface area contributed by atoms with Gasteiger partial charge in [0.25, 0.3) is 0 Å². The molecule has 3 nitrogen and oxygen atoms in total. The van der Waals surface area contributed by atoms with E-state index in [4.69, 9.17) is 15.0 Å². The Kier molecular flexibility index (Phi) is 4.36. The summed E-state index contributed by atoms with van der Waals surface area (Å²) in [5.41, 5.74) is 7.64. The molecule has 2 bridgehead atoms. The minimum absolute atomic E-state index is 0. The molecule has 3 aliphatic carbocycles. The Bertz CT molecular complexity index is 613. The van der Waals surface area contributed by atoms with Crippen molar-refractivity contribution in [3.8, 4) is 0 Å². The molecule has 1 aliphatic heterocycles. The Morgan fingerprint density at radius 2 is 1.83 bits per heavy atom. The number of hydrogen-bond acceptors (Lipinski definition) is 3. The number of nitrogens with two attached hydrogens (primary N) is 1. The van der Waals surface area contributed by atoms with E-state index in [1.165, 1.54) is 12.0 Å². The van der Waals surface area contributed by atoms with E-state index in [0.29, 0.717) is 11.3 Å². The molecule has 2 N–H and O–H groups in total. The topological polar surface area (TPSA) is 44.5 Å². The summed E-state index contributed by atoms with van der Waals surface area (Å²) in [4.78, 5) is 0. The van der Waals surface area contributed by atoms with Crippen LogP contribution >= 0.6 is 12.4 Å². The number of rotatable bonds is 3. The van der Waals surface area contributed by atoms with E-state index in [9.17, 15) is 0 Å². The van der Waals surface area contributed by atoms with Gasteiger partial charge in [0.05, 0.1) is 11.2 Å². The largest absolute Gasteiger partial charge is 0.476 e. The first-order chi connectivity index (χ1) is 10.8. The van der Waals surface area contributed by atoms with Gasteiger partial charge in [0.15, 0.2) is 0 Å². The molecule has 5 heteroatoms. The minimum Gasteiger partial charge on any atom is -0.402 e. The van der Waals surface area contributed by atoms with Crippen LogP contribution in [0.15, 0.2) is 30.3 Å². The van der Waals surface area contributed by atoms with Crippen molar-refractivity contribution in [2.45, 2.75) is 64.1 Å². The Labute approximate surface area is 152 Å². The highest BCUT2D eigenvalue weighted by Gasteiger charge is 2.73. The molecule has 1 aromatic carbocycles. The fraction of sp³-hybridized carbons (Fsp3) is 0.684. The number of benzene rings is 1. The predicted molar refractivity (Wildman–Crippen MR) is 100 cm³/mol. The van der Waals surface area contributed by atoms with Gasteiger partial charge in [0, 0.05) is 5.94 Å². The van der Waals surface area contributed by atoms with E-state index < -0.39 is 0 Å². The lowest BCUT2D eigenvalue weighted by molar-refractivity contribution is -0.235. The summed E-state index contributed by atoms with van der Waals surface area (Å²) < 4.78 is 13.0. The molecule has 0 radical (unpaired) electrons. The molecule has 1 heterocycles. The molecule has 5 atom stereocenters. The van der Waals surface area contributed by atoms with Crippen molar-refractivity contribution in [2.75, 3.05) is 0 Å². The summed E-state index contributed by atoms with van der Waals surface area (Å²) in [7, 11) is -0.305. The Morgan fingerprint density at radius 3 is 2.46 bits per heavy atom. The number of hydrogen-bond donors (Lipinski definition) is 1. The van der Waals surface area contributed by atoms with Gasteiger partial charge in [0.1, 0.15) is 0 Å². The lowest BCUT2D eigenvalue weighted by Gasteiger charge is -2.67. The lowest BCUT2D eigenvalue weighted by atomic mass is 9.41. The third kappa shape index (κ3) is 2.38. The van der Waals surface area contributed by atoms with Crippen molar-refractivity contribution in [1.82, 2.24) is 0 Å². The summed E-state index contributed by atoms with van der Waals surface area (Å²) in [5, 5.41) is 0. The molecule has 0 spiro atoms. The van der Waals surface area contributed by atoms with E-state index in [-0.39, 0.29) is 36.7 Å². The molecule has 1 aromatic rings. The summed E-state index contributed by atoms with van der Waals surface area (Å²) >= 11 is 0. The SMILES string of the molecule is CC1(C)[C@H]2C[C@@H]1[C@]1(C)OB(C(N)Cc3ccccc3)O[C@]1(C)C2.Cl. The average molecular weight is 350 g/mol. The molecule has 1 unspecified atom stereocenters. The Balaban J connectivity index is 0.00000169. The molecule has 4 aliphatic rings. The van der Waals surface area contributed by atoms with Crippen LogP contribution in [-0.4, -0.2) is 24.3 Å². The molecule has 0 amide bonds. The molecule has 5 rings (SSSR count). The normalized spacial score (nSPS) is 40.3. The summed E-state index contributed by atoms with van der Waals surface area (Å²) in [6.07, 6.45) is 3.14. The van der Waals surface area contributed by atoms with E-state index >= 15 is 0 Å². The highest BCUT2D eigenvalue weighted by molar-refractivity contribution is 6.47. The van der Waals surface area contributed by atoms with Crippen LogP contribution in [0.3, 0.4) is 0 Å². The van der Waals surface area contributed by atoms with Gasteiger partial charge in [-0.1, -0.05) is 44.2 Å². The third-order valence-electron chi connectivity index (χ3n) is 7.22. The quantitative estimate of drug-likeness (QED) is 0.847. The zero-order valence-corrected chi connectivity index (χ0v) is 15.9. The van der Waals surface area contributed by atoms with Crippen molar-refractivity contribution < 1.29 is 9.31 Å². The molecule has 132 valence electrons. The average Bonchev–Trinajstić information content (AvgIpc) is 2.79. The molecule has 1 saturated heterocycles. The smallest absolute Gasteiger partial charge is 0.402 e. The van der Waals surface area contributed by atoms with Crippen molar-refractivity contribution in [2.24, 2.45) is 23.0 Å². The Morgan fingerprint density at radius 1 is 1.17 bits per heavy atom. The second kappa shape index (κ2) is 5.73. The van der Waals surface area contributed by atoms with Gasteiger partial charge in [0.2, 0.25) is 0 Å². The maximum atomic E-state index is 6.53. The van der Waals surface area contributed by atoms with E-state index in [1.54, 1.807) is 0 Å². The standard InChI is InChI=1S/C19H28BNO2.ClH/c1-17(2)14-11-15(17)19(4)18(3,12-14)22-20(23-19)16(21)10-13-8-6-5-7-9-13;/h5-9,14-16H,10-12,21H2,1-4H3;1H/t14-,15-,16?,18+,19-;/m0./s1. The molecular formula is C19H29BClNO2. The number of halogens is 1. The first kappa shape index (κ1) is 18.3. The van der Waals surface area contributed by atoms with Crippen molar-refractivity contribution in [3.63, 3.8) is 0 Å². The maximum absolute atomic E-state index is 6.53. The summed E-state index contributed by atoms with van der Waals surface area (Å²) in [6, 6.07) is 10.4. The molecular weight excluding hydrogens is 320 g/mol. The van der Waals surface area contributed by atoms with Crippen LogP contribution in [0.2, 0.25) is 0 Å². The second-order valence-corrected chi connectivity index (χ2v) is 8.81. The Hall–Kier alpha value is -0.545. The minimum atomic E-state index is -0.305. The zero-order chi connectivity index (χ0) is 16.5.